The molecule has 1 aromatic carbocycles. The Kier molecular flexibility index (Phi) is 5.95. The molecule has 1 N–H and O–H groups in total. The van der Waals surface area contributed by atoms with Gasteiger partial charge in [-0.1, -0.05) is 60.4 Å². The van der Waals surface area contributed by atoms with Gasteiger partial charge in [0, 0.05) is 5.75 Å². The summed E-state index contributed by atoms with van der Waals surface area (Å²) >= 11 is 2.93. The number of hydrogen-bond acceptors (Lipinski definition) is 5. The molecule has 0 aliphatic carbocycles. The van der Waals surface area contributed by atoms with Crippen molar-refractivity contribution in [3.63, 3.8) is 0 Å². The number of thioether (sulfide) groups is 1. The molecule has 0 aliphatic heterocycles. The summed E-state index contributed by atoms with van der Waals surface area (Å²) < 4.78 is 0.831. The molecule has 0 radical (unpaired) electrons. The van der Waals surface area contributed by atoms with E-state index in [0.29, 0.717) is 11.6 Å². The van der Waals surface area contributed by atoms with Crippen molar-refractivity contribution in [1.82, 2.24) is 10.2 Å². The molecule has 0 saturated carbocycles. The predicted octanol–water partition coefficient (Wildman–Crippen LogP) is 3.56. The molecule has 0 bridgehead atoms. The Morgan fingerprint density at radius 2 is 2.05 bits per heavy atom. The first-order chi connectivity index (χ1) is 10.2. The smallest absolute Gasteiger partial charge is 0.230 e. The van der Waals surface area contributed by atoms with Crippen molar-refractivity contribution in [3.05, 3.63) is 48.0 Å². The van der Waals surface area contributed by atoms with E-state index in [4.69, 9.17) is 0 Å². The molecular weight excluding hydrogens is 302 g/mol. The minimum atomic E-state index is -0.0735. The highest BCUT2D eigenvalue weighted by Crippen LogP contribution is 2.25. The monoisotopic (exact) mass is 319 g/mol. The highest BCUT2D eigenvalue weighted by atomic mass is 32.2. The van der Waals surface area contributed by atoms with Gasteiger partial charge in [0.2, 0.25) is 11.0 Å². The number of aromatic nitrogens is 2. The quantitative estimate of drug-likeness (QED) is 0.482. The summed E-state index contributed by atoms with van der Waals surface area (Å²) in [5.41, 5.74) is 2.27. The Morgan fingerprint density at radius 1 is 1.33 bits per heavy atom. The summed E-state index contributed by atoms with van der Waals surface area (Å²) in [6.45, 7) is 5.77. The molecule has 1 aromatic heterocycles. The average Bonchev–Trinajstić information content (AvgIpc) is 2.93. The van der Waals surface area contributed by atoms with E-state index >= 15 is 0 Å². The Morgan fingerprint density at radius 3 is 2.71 bits per heavy atom. The summed E-state index contributed by atoms with van der Waals surface area (Å²) in [7, 11) is 0. The van der Waals surface area contributed by atoms with Crippen molar-refractivity contribution in [2.24, 2.45) is 0 Å². The molecule has 6 heteroatoms. The van der Waals surface area contributed by atoms with Crippen LogP contribution in [0.3, 0.4) is 0 Å². The third-order valence-corrected chi connectivity index (χ3v) is 4.74. The highest BCUT2D eigenvalue weighted by molar-refractivity contribution is 8.01. The van der Waals surface area contributed by atoms with Gasteiger partial charge in [-0.3, -0.25) is 4.79 Å². The summed E-state index contributed by atoms with van der Waals surface area (Å²) in [6.07, 6.45) is 3.16. The fraction of sp³-hybridized carbons (Fsp3) is 0.267. The van der Waals surface area contributed by atoms with E-state index in [2.05, 4.69) is 41.1 Å². The lowest BCUT2D eigenvalue weighted by Gasteiger charge is -2.02. The van der Waals surface area contributed by atoms with E-state index in [1.807, 2.05) is 18.2 Å². The van der Waals surface area contributed by atoms with E-state index in [-0.39, 0.29) is 5.91 Å². The van der Waals surface area contributed by atoms with Crippen LogP contribution in [-0.2, 0) is 17.6 Å². The molecule has 0 saturated heterocycles. The number of carbonyl (C=O) groups excluding carboxylic acids is 1. The largest absolute Gasteiger partial charge is 0.300 e. The van der Waals surface area contributed by atoms with Crippen molar-refractivity contribution in [1.29, 1.82) is 0 Å². The first-order valence-corrected chi connectivity index (χ1v) is 8.46. The fourth-order valence-electron chi connectivity index (χ4n) is 1.69. The van der Waals surface area contributed by atoms with Gasteiger partial charge in [-0.05, 0) is 17.5 Å². The number of amides is 1. The van der Waals surface area contributed by atoms with E-state index in [0.717, 1.165) is 22.1 Å². The SMILES string of the molecule is C=CCSc1nnc(NC(=O)Cc2ccc(CC)cc2)s1. The number of nitrogens with zero attached hydrogens (tertiary/aromatic N) is 2. The molecule has 21 heavy (non-hydrogen) atoms. The molecule has 110 valence electrons. The predicted molar refractivity (Wildman–Crippen MR) is 89.0 cm³/mol. The molecule has 2 aromatic rings. The van der Waals surface area contributed by atoms with Crippen molar-refractivity contribution in [2.45, 2.75) is 24.1 Å². The first kappa shape index (κ1) is 15.7. The maximum atomic E-state index is 12.0. The maximum absolute atomic E-state index is 12.0. The third kappa shape index (κ3) is 4.99. The molecule has 0 unspecified atom stereocenters. The van der Waals surface area contributed by atoms with E-state index in [1.54, 1.807) is 11.8 Å². The number of anilines is 1. The number of benzene rings is 1. The second-order valence-electron chi connectivity index (χ2n) is 4.37. The van der Waals surface area contributed by atoms with Crippen LogP contribution in [0.2, 0.25) is 0 Å². The van der Waals surface area contributed by atoms with Crippen LogP contribution in [0.25, 0.3) is 0 Å². The molecule has 2 rings (SSSR count). The van der Waals surface area contributed by atoms with Crippen molar-refractivity contribution in [2.75, 3.05) is 11.1 Å². The minimum absolute atomic E-state index is 0.0735. The van der Waals surface area contributed by atoms with Gasteiger partial charge in [-0.2, -0.15) is 0 Å². The Labute approximate surface area is 132 Å². The van der Waals surface area contributed by atoms with Gasteiger partial charge in [0.1, 0.15) is 0 Å². The number of nitrogens with one attached hydrogen (secondary N) is 1. The van der Waals surface area contributed by atoms with E-state index < -0.39 is 0 Å². The van der Waals surface area contributed by atoms with Gasteiger partial charge in [-0.15, -0.1) is 16.8 Å². The van der Waals surface area contributed by atoms with Crippen molar-refractivity contribution in [3.8, 4) is 0 Å². The van der Waals surface area contributed by atoms with Crippen LogP contribution in [0.15, 0.2) is 41.3 Å². The maximum Gasteiger partial charge on any atom is 0.230 e. The summed E-state index contributed by atoms with van der Waals surface area (Å²) in [6, 6.07) is 8.09. The zero-order valence-electron chi connectivity index (χ0n) is 11.8. The molecule has 0 atom stereocenters. The highest BCUT2D eigenvalue weighted by Gasteiger charge is 2.09. The summed E-state index contributed by atoms with van der Waals surface area (Å²) in [5.74, 6) is 0.711. The Balaban J connectivity index is 1.88. The first-order valence-electron chi connectivity index (χ1n) is 6.66. The fourth-order valence-corrected chi connectivity index (χ4v) is 3.22. The zero-order valence-corrected chi connectivity index (χ0v) is 13.5. The average molecular weight is 319 g/mol. The zero-order chi connectivity index (χ0) is 15.1. The van der Waals surface area contributed by atoms with Crippen LogP contribution in [0, 0.1) is 0 Å². The van der Waals surface area contributed by atoms with Crippen LogP contribution < -0.4 is 5.32 Å². The van der Waals surface area contributed by atoms with Crippen LogP contribution >= 0.6 is 23.1 Å². The molecule has 1 amide bonds. The second-order valence-corrected chi connectivity index (χ2v) is 6.61. The Hall–Kier alpha value is -1.66. The van der Waals surface area contributed by atoms with Crippen LogP contribution in [-0.4, -0.2) is 21.9 Å². The number of aryl methyl sites for hydroxylation is 1. The molecule has 1 heterocycles. The number of hydrogen-bond donors (Lipinski definition) is 1. The second kappa shape index (κ2) is 7.95. The minimum Gasteiger partial charge on any atom is -0.300 e. The van der Waals surface area contributed by atoms with Gasteiger partial charge < -0.3 is 5.32 Å². The lowest BCUT2D eigenvalue weighted by Crippen LogP contribution is -2.14. The number of rotatable bonds is 7. The molecule has 4 nitrogen and oxygen atoms in total. The van der Waals surface area contributed by atoms with Crippen LogP contribution in [0.1, 0.15) is 18.1 Å². The topological polar surface area (TPSA) is 54.9 Å². The summed E-state index contributed by atoms with van der Waals surface area (Å²) in [5, 5.41) is 11.3. The normalized spacial score (nSPS) is 10.3. The van der Waals surface area contributed by atoms with E-state index in [9.17, 15) is 4.79 Å². The molecular formula is C15H17N3OS2. The van der Waals surface area contributed by atoms with Crippen LogP contribution in [0.4, 0.5) is 5.13 Å². The van der Waals surface area contributed by atoms with Gasteiger partial charge in [-0.25, -0.2) is 0 Å². The standard InChI is InChI=1S/C15H17N3OS2/c1-3-9-20-15-18-17-14(21-15)16-13(19)10-12-7-5-11(4-2)6-8-12/h3,5-8H,1,4,9-10H2,2H3,(H,16,17,19). The third-order valence-electron chi connectivity index (χ3n) is 2.77. The van der Waals surface area contributed by atoms with Crippen molar-refractivity contribution < 1.29 is 4.79 Å². The van der Waals surface area contributed by atoms with Gasteiger partial charge in [0.25, 0.3) is 0 Å². The lowest BCUT2D eigenvalue weighted by molar-refractivity contribution is -0.115. The van der Waals surface area contributed by atoms with Gasteiger partial charge in [0.05, 0.1) is 6.42 Å². The number of carbonyl (C=O) groups is 1. The summed E-state index contributed by atoms with van der Waals surface area (Å²) in [4.78, 5) is 12.0. The van der Waals surface area contributed by atoms with Crippen LogP contribution in [0.5, 0.6) is 0 Å². The molecule has 0 fully saturated rings. The Bertz CT molecular complexity index is 608. The van der Waals surface area contributed by atoms with Crippen molar-refractivity contribution >= 4 is 34.1 Å². The lowest BCUT2D eigenvalue weighted by atomic mass is 10.1. The molecule has 0 spiro atoms. The van der Waals surface area contributed by atoms with Gasteiger partial charge in [0.15, 0.2) is 4.34 Å². The molecule has 0 aliphatic rings. The van der Waals surface area contributed by atoms with E-state index in [1.165, 1.54) is 16.9 Å². The van der Waals surface area contributed by atoms with Gasteiger partial charge >= 0.3 is 0 Å².